The van der Waals surface area contributed by atoms with Gasteiger partial charge in [-0.1, -0.05) is 37.3 Å². The molecule has 1 saturated heterocycles. The average molecular weight is 218 g/mol. The minimum Gasteiger partial charge on any atom is -0.323 e. The van der Waals surface area contributed by atoms with Gasteiger partial charge in [0.15, 0.2) is 0 Å². The van der Waals surface area contributed by atoms with Crippen LogP contribution in [-0.4, -0.2) is 24.0 Å². The Labute approximate surface area is 98.4 Å². The van der Waals surface area contributed by atoms with E-state index >= 15 is 0 Å². The molecule has 1 fully saturated rings. The zero-order chi connectivity index (χ0) is 11.4. The topological polar surface area (TPSA) is 29.3 Å². The lowest BCUT2D eigenvalue weighted by molar-refractivity contribution is 0.234. The Hall–Kier alpha value is -0.860. The summed E-state index contributed by atoms with van der Waals surface area (Å²) in [4.78, 5) is 2.55. The molecule has 0 saturated carbocycles. The summed E-state index contributed by atoms with van der Waals surface area (Å²) < 4.78 is 0. The molecule has 0 aromatic heterocycles. The maximum absolute atomic E-state index is 6.25. The van der Waals surface area contributed by atoms with Crippen LogP contribution in [0.4, 0.5) is 0 Å². The van der Waals surface area contributed by atoms with Crippen molar-refractivity contribution >= 4 is 0 Å². The van der Waals surface area contributed by atoms with E-state index in [4.69, 9.17) is 5.73 Å². The highest BCUT2D eigenvalue weighted by Gasteiger charge is 2.24. The number of rotatable bonds is 4. The van der Waals surface area contributed by atoms with E-state index < -0.39 is 0 Å². The van der Waals surface area contributed by atoms with Gasteiger partial charge in [-0.2, -0.15) is 0 Å². The second kappa shape index (κ2) is 5.46. The number of nitrogens with two attached hydrogens (primary N) is 1. The van der Waals surface area contributed by atoms with Crippen molar-refractivity contribution in [3.05, 3.63) is 35.9 Å². The summed E-state index contributed by atoms with van der Waals surface area (Å²) in [6.07, 6.45) is 3.93. The van der Waals surface area contributed by atoms with Gasteiger partial charge in [0.25, 0.3) is 0 Å². The molecule has 1 aromatic carbocycles. The Morgan fingerprint density at radius 3 is 2.81 bits per heavy atom. The number of likely N-dealkylation sites (tertiary alicyclic amines) is 1. The Bertz CT molecular complexity index is 310. The van der Waals surface area contributed by atoms with Crippen LogP contribution in [0.1, 0.15) is 37.8 Å². The fraction of sp³-hybridized carbons (Fsp3) is 0.571. The second-order valence-corrected chi connectivity index (χ2v) is 4.72. The van der Waals surface area contributed by atoms with Crippen molar-refractivity contribution in [1.82, 2.24) is 4.90 Å². The van der Waals surface area contributed by atoms with E-state index in [1.807, 2.05) is 6.07 Å². The summed E-state index contributed by atoms with van der Waals surface area (Å²) in [6.45, 7) is 4.50. The largest absolute Gasteiger partial charge is 0.323 e. The van der Waals surface area contributed by atoms with Crippen molar-refractivity contribution in [2.24, 2.45) is 5.73 Å². The summed E-state index contributed by atoms with van der Waals surface area (Å²) in [5, 5.41) is 0. The van der Waals surface area contributed by atoms with Gasteiger partial charge in [-0.05, 0) is 31.4 Å². The van der Waals surface area contributed by atoms with E-state index in [1.54, 1.807) is 0 Å². The minimum absolute atomic E-state index is 0.161. The Balaban J connectivity index is 1.94. The normalized spacial score (nSPS) is 23.5. The van der Waals surface area contributed by atoms with Gasteiger partial charge in [-0.3, -0.25) is 4.90 Å². The first-order valence-corrected chi connectivity index (χ1v) is 6.36. The molecular weight excluding hydrogens is 196 g/mol. The number of hydrogen-bond acceptors (Lipinski definition) is 2. The third-order valence-electron chi connectivity index (χ3n) is 3.63. The van der Waals surface area contributed by atoms with Gasteiger partial charge < -0.3 is 5.73 Å². The first-order chi connectivity index (χ1) is 7.81. The SMILES string of the molecule is CCC1CCCN1CC(N)c1ccccc1. The van der Waals surface area contributed by atoms with Crippen LogP contribution in [0.5, 0.6) is 0 Å². The molecule has 0 spiro atoms. The molecule has 2 rings (SSSR count). The Morgan fingerprint density at radius 2 is 2.12 bits per heavy atom. The van der Waals surface area contributed by atoms with Crippen LogP contribution in [0, 0.1) is 0 Å². The molecule has 1 aliphatic heterocycles. The zero-order valence-electron chi connectivity index (χ0n) is 10.1. The highest BCUT2D eigenvalue weighted by molar-refractivity contribution is 5.18. The van der Waals surface area contributed by atoms with Gasteiger partial charge in [-0.25, -0.2) is 0 Å². The van der Waals surface area contributed by atoms with Gasteiger partial charge in [0.2, 0.25) is 0 Å². The summed E-state index contributed by atoms with van der Waals surface area (Å²) in [7, 11) is 0. The molecule has 1 aliphatic rings. The summed E-state index contributed by atoms with van der Waals surface area (Å²) in [5.74, 6) is 0. The molecule has 2 N–H and O–H groups in total. The lowest BCUT2D eigenvalue weighted by Crippen LogP contribution is -2.35. The fourth-order valence-electron chi connectivity index (χ4n) is 2.66. The van der Waals surface area contributed by atoms with E-state index in [0.717, 1.165) is 12.6 Å². The number of hydrogen-bond donors (Lipinski definition) is 1. The first kappa shape index (κ1) is 11.6. The van der Waals surface area contributed by atoms with Crippen molar-refractivity contribution < 1.29 is 0 Å². The predicted molar refractivity (Wildman–Crippen MR) is 68.3 cm³/mol. The van der Waals surface area contributed by atoms with E-state index in [-0.39, 0.29) is 6.04 Å². The number of benzene rings is 1. The van der Waals surface area contributed by atoms with Crippen LogP contribution in [0.3, 0.4) is 0 Å². The molecule has 1 heterocycles. The van der Waals surface area contributed by atoms with Crippen molar-refractivity contribution in [1.29, 1.82) is 0 Å². The zero-order valence-corrected chi connectivity index (χ0v) is 10.1. The standard InChI is InChI=1S/C14H22N2/c1-2-13-9-6-10-16(13)11-14(15)12-7-4-3-5-8-12/h3-5,7-8,13-14H,2,6,9-11,15H2,1H3. The summed E-state index contributed by atoms with van der Waals surface area (Å²) >= 11 is 0. The van der Waals surface area contributed by atoms with Crippen molar-refractivity contribution in [2.75, 3.05) is 13.1 Å². The molecule has 1 aromatic rings. The molecule has 2 heteroatoms. The second-order valence-electron chi connectivity index (χ2n) is 4.72. The number of nitrogens with zero attached hydrogens (tertiary/aromatic N) is 1. The molecule has 16 heavy (non-hydrogen) atoms. The third-order valence-corrected chi connectivity index (χ3v) is 3.63. The fourth-order valence-corrected chi connectivity index (χ4v) is 2.66. The molecule has 0 amide bonds. The summed E-state index contributed by atoms with van der Waals surface area (Å²) in [5.41, 5.74) is 7.50. The Morgan fingerprint density at radius 1 is 1.38 bits per heavy atom. The Kier molecular flexibility index (Phi) is 3.97. The molecule has 88 valence electrons. The van der Waals surface area contributed by atoms with E-state index in [1.165, 1.54) is 31.4 Å². The van der Waals surface area contributed by atoms with Crippen LogP contribution in [0.25, 0.3) is 0 Å². The molecule has 2 unspecified atom stereocenters. The molecule has 2 atom stereocenters. The highest BCUT2D eigenvalue weighted by atomic mass is 15.2. The van der Waals surface area contributed by atoms with E-state index in [9.17, 15) is 0 Å². The van der Waals surface area contributed by atoms with Crippen LogP contribution in [0.2, 0.25) is 0 Å². The maximum Gasteiger partial charge on any atom is 0.0424 e. The van der Waals surface area contributed by atoms with Gasteiger partial charge in [-0.15, -0.1) is 0 Å². The lowest BCUT2D eigenvalue weighted by atomic mass is 10.1. The van der Waals surface area contributed by atoms with Gasteiger partial charge in [0, 0.05) is 18.6 Å². The van der Waals surface area contributed by atoms with Gasteiger partial charge >= 0.3 is 0 Å². The van der Waals surface area contributed by atoms with Gasteiger partial charge in [0.1, 0.15) is 0 Å². The maximum atomic E-state index is 6.25. The molecular formula is C14H22N2. The molecule has 0 bridgehead atoms. The van der Waals surface area contributed by atoms with Crippen LogP contribution in [-0.2, 0) is 0 Å². The van der Waals surface area contributed by atoms with Crippen LogP contribution in [0.15, 0.2) is 30.3 Å². The van der Waals surface area contributed by atoms with Crippen molar-refractivity contribution in [3.8, 4) is 0 Å². The first-order valence-electron chi connectivity index (χ1n) is 6.36. The van der Waals surface area contributed by atoms with Crippen LogP contribution < -0.4 is 5.73 Å². The van der Waals surface area contributed by atoms with Crippen molar-refractivity contribution in [3.63, 3.8) is 0 Å². The molecule has 0 aliphatic carbocycles. The van der Waals surface area contributed by atoms with E-state index in [2.05, 4.69) is 36.1 Å². The minimum atomic E-state index is 0.161. The van der Waals surface area contributed by atoms with E-state index in [0.29, 0.717) is 0 Å². The highest BCUT2D eigenvalue weighted by Crippen LogP contribution is 2.22. The summed E-state index contributed by atoms with van der Waals surface area (Å²) in [6, 6.07) is 11.3. The molecule has 2 nitrogen and oxygen atoms in total. The third kappa shape index (κ3) is 2.63. The molecule has 0 radical (unpaired) electrons. The smallest absolute Gasteiger partial charge is 0.0424 e. The van der Waals surface area contributed by atoms with Crippen molar-refractivity contribution in [2.45, 2.75) is 38.3 Å². The average Bonchev–Trinajstić information content (AvgIpc) is 2.77. The van der Waals surface area contributed by atoms with Crippen LogP contribution >= 0.6 is 0 Å². The quantitative estimate of drug-likeness (QED) is 0.841. The van der Waals surface area contributed by atoms with Gasteiger partial charge in [0.05, 0.1) is 0 Å². The monoisotopic (exact) mass is 218 g/mol. The predicted octanol–water partition coefficient (Wildman–Crippen LogP) is 2.56. The lowest BCUT2D eigenvalue weighted by Gasteiger charge is -2.26.